The molecule has 4 aromatic rings. The number of carbonyl (C=O) groups is 4. The van der Waals surface area contributed by atoms with E-state index >= 15 is 0 Å². The lowest BCUT2D eigenvalue weighted by molar-refractivity contribution is -0.178. The maximum atomic E-state index is 13.9. The van der Waals surface area contributed by atoms with Gasteiger partial charge < -0.3 is 18.9 Å². The van der Waals surface area contributed by atoms with Gasteiger partial charge in [-0.05, 0) is 51.6 Å². The van der Waals surface area contributed by atoms with Crippen LogP contribution in [0, 0.1) is 17.3 Å². The van der Waals surface area contributed by atoms with Crippen LogP contribution in [0.15, 0.2) is 109 Å². The molecule has 0 amide bonds. The predicted octanol–water partition coefficient (Wildman–Crippen LogP) is 6.20. The van der Waals surface area contributed by atoms with Gasteiger partial charge in [-0.3, -0.25) is 19.2 Å². The van der Waals surface area contributed by atoms with E-state index in [9.17, 15) is 19.2 Å². The molecule has 0 N–H and O–H groups in total. The molecular weight excluding hydrogens is 584 g/mol. The molecule has 1 saturated carbocycles. The maximum absolute atomic E-state index is 13.9. The highest BCUT2D eigenvalue weighted by molar-refractivity contribution is 6.04. The fourth-order valence-corrected chi connectivity index (χ4v) is 7.03. The standard InChI is InChI=1S/C38H36O8/c1-43-34(39)32(35(40)44-2)33-31(29-21-17-27(18-22-29)25-13-9-6-10-14-25)30(23-38(33,36(41)45-3)37(42)46-4)28-19-15-26(16-20-28)24-11-7-5-8-12-24/h5-22,30-33H,23H2,1-4H3/t30-,31-,33-/m0/s1. The first-order valence-corrected chi connectivity index (χ1v) is 14.9. The van der Waals surface area contributed by atoms with E-state index < -0.39 is 53.0 Å². The number of rotatable bonds is 9. The van der Waals surface area contributed by atoms with Gasteiger partial charge in [-0.15, -0.1) is 0 Å². The Kier molecular flexibility index (Phi) is 9.66. The van der Waals surface area contributed by atoms with Gasteiger partial charge in [0.2, 0.25) is 0 Å². The van der Waals surface area contributed by atoms with Crippen LogP contribution in [0.5, 0.6) is 0 Å². The van der Waals surface area contributed by atoms with Crippen LogP contribution < -0.4 is 0 Å². The summed E-state index contributed by atoms with van der Waals surface area (Å²) >= 11 is 0. The topological polar surface area (TPSA) is 105 Å². The summed E-state index contributed by atoms with van der Waals surface area (Å²) in [6.07, 6.45) is -0.0860. The zero-order valence-corrected chi connectivity index (χ0v) is 26.2. The summed E-state index contributed by atoms with van der Waals surface area (Å²) in [7, 11) is 4.63. The van der Waals surface area contributed by atoms with E-state index in [2.05, 4.69) is 0 Å². The van der Waals surface area contributed by atoms with E-state index in [0.717, 1.165) is 42.0 Å². The molecule has 0 heterocycles. The van der Waals surface area contributed by atoms with E-state index in [4.69, 9.17) is 18.9 Å². The maximum Gasteiger partial charge on any atom is 0.323 e. The third-order valence-electron chi connectivity index (χ3n) is 9.15. The number of hydrogen-bond donors (Lipinski definition) is 0. The van der Waals surface area contributed by atoms with Crippen LogP contribution in [0.1, 0.15) is 29.4 Å². The lowest BCUT2D eigenvalue weighted by Crippen LogP contribution is -2.51. The van der Waals surface area contributed by atoms with Crippen LogP contribution in [-0.2, 0) is 38.1 Å². The molecule has 1 aliphatic carbocycles. The summed E-state index contributed by atoms with van der Waals surface area (Å²) in [5.74, 6) is -7.82. The van der Waals surface area contributed by atoms with Crippen LogP contribution in [0.25, 0.3) is 22.3 Å². The fourth-order valence-electron chi connectivity index (χ4n) is 7.03. The SMILES string of the molecule is COC(=O)C(C(=O)OC)[C@@H]1[C@@H](c2ccc(-c3ccccc3)cc2)[C@H](c2ccc(-c3ccccc3)cc2)CC1(C(=O)OC)C(=O)OC. The van der Waals surface area contributed by atoms with Crippen molar-refractivity contribution in [2.45, 2.75) is 18.3 Å². The van der Waals surface area contributed by atoms with E-state index in [1.54, 1.807) is 0 Å². The summed E-state index contributed by atoms with van der Waals surface area (Å²) in [6.45, 7) is 0. The fraction of sp³-hybridized carbons (Fsp3) is 0.263. The Morgan fingerprint density at radius 1 is 0.543 bits per heavy atom. The van der Waals surface area contributed by atoms with Gasteiger partial charge >= 0.3 is 23.9 Å². The van der Waals surface area contributed by atoms with Crippen LogP contribution in [0.4, 0.5) is 0 Å². The first-order chi connectivity index (χ1) is 22.3. The van der Waals surface area contributed by atoms with Crippen LogP contribution in [0.2, 0.25) is 0 Å². The zero-order chi connectivity index (χ0) is 32.8. The van der Waals surface area contributed by atoms with Crippen molar-refractivity contribution in [1.82, 2.24) is 0 Å². The minimum absolute atomic E-state index is 0.0860. The molecule has 0 bridgehead atoms. The Labute approximate surface area is 268 Å². The molecule has 0 spiro atoms. The minimum Gasteiger partial charge on any atom is -0.468 e. The lowest BCUT2D eigenvalue weighted by atomic mass is 9.66. The van der Waals surface area contributed by atoms with Crippen molar-refractivity contribution in [1.29, 1.82) is 0 Å². The Morgan fingerprint density at radius 2 is 0.935 bits per heavy atom. The largest absolute Gasteiger partial charge is 0.468 e. The van der Waals surface area contributed by atoms with Gasteiger partial charge in [-0.2, -0.15) is 0 Å². The van der Waals surface area contributed by atoms with Crippen molar-refractivity contribution in [3.63, 3.8) is 0 Å². The third-order valence-corrected chi connectivity index (χ3v) is 9.15. The molecule has 46 heavy (non-hydrogen) atoms. The predicted molar refractivity (Wildman–Crippen MR) is 171 cm³/mol. The molecular formula is C38H36O8. The van der Waals surface area contributed by atoms with Gasteiger partial charge in [0.25, 0.3) is 0 Å². The molecule has 236 valence electrons. The van der Waals surface area contributed by atoms with Gasteiger partial charge in [0.1, 0.15) is 0 Å². The summed E-state index contributed by atoms with van der Waals surface area (Å²) in [4.78, 5) is 54.6. The molecule has 0 saturated heterocycles. The highest BCUT2D eigenvalue weighted by Crippen LogP contribution is 2.62. The average molecular weight is 621 g/mol. The normalized spacial score (nSPS) is 18.4. The average Bonchev–Trinajstić information content (AvgIpc) is 3.48. The summed E-state index contributed by atoms with van der Waals surface area (Å²) < 4.78 is 20.7. The van der Waals surface area contributed by atoms with Crippen molar-refractivity contribution >= 4 is 23.9 Å². The number of carbonyl (C=O) groups excluding carboxylic acids is 4. The summed E-state index contributed by atoms with van der Waals surface area (Å²) in [5, 5.41) is 0. The zero-order valence-electron chi connectivity index (χ0n) is 26.2. The number of hydrogen-bond acceptors (Lipinski definition) is 8. The molecule has 0 aliphatic heterocycles. The third kappa shape index (κ3) is 5.78. The van der Waals surface area contributed by atoms with Crippen molar-refractivity contribution in [3.05, 3.63) is 120 Å². The Morgan fingerprint density at radius 3 is 1.33 bits per heavy atom. The van der Waals surface area contributed by atoms with Gasteiger partial charge in [0.05, 0.1) is 28.4 Å². The van der Waals surface area contributed by atoms with Crippen molar-refractivity contribution in [2.75, 3.05) is 28.4 Å². The summed E-state index contributed by atoms with van der Waals surface area (Å²) in [5.41, 5.74) is 3.46. The Bertz CT molecular complexity index is 1650. The van der Waals surface area contributed by atoms with Crippen molar-refractivity contribution in [2.24, 2.45) is 17.3 Å². The van der Waals surface area contributed by atoms with Crippen molar-refractivity contribution in [3.8, 4) is 22.3 Å². The molecule has 8 heteroatoms. The molecule has 8 nitrogen and oxygen atoms in total. The number of ether oxygens (including phenoxy) is 4. The highest BCUT2D eigenvalue weighted by Gasteiger charge is 2.69. The quantitative estimate of drug-likeness (QED) is 0.124. The molecule has 5 rings (SSSR count). The monoisotopic (exact) mass is 620 g/mol. The first-order valence-electron chi connectivity index (χ1n) is 14.9. The molecule has 1 aliphatic rings. The van der Waals surface area contributed by atoms with Gasteiger partial charge in [0.15, 0.2) is 11.3 Å². The molecule has 0 radical (unpaired) electrons. The smallest absolute Gasteiger partial charge is 0.323 e. The van der Waals surface area contributed by atoms with E-state index in [0.29, 0.717) is 5.56 Å². The first kappa shape index (κ1) is 32.2. The molecule has 0 aromatic heterocycles. The molecule has 3 atom stereocenters. The van der Waals surface area contributed by atoms with E-state index in [-0.39, 0.29) is 6.42 Å². The second-order valence-corrected chi connectivity index (χ2v) is 11.3. The molecule has 1 fully saturated rings. The van der Waals surface area contributed by atoms with Crippen LogP contribution >= 0.6 is 0 Å². The van der Waals surface area contributed by atoms with E-state index in [1.807, 2.05) is 109 Å². The Balaban J connectivity index is 1.74. The van der Waals surface area contributed by atoms with Crippen LogP contribution in [-0.4, -0.2) is 52.3 Å². The van der Waals surface area contributed by atoms with Crippen molar-refractivity contribution < 1.29 is 38.1 Å². The number of esters is 4. The number of benzene rings is 4. The number of methoxy groups -OCH3 is 4. The lowest BCUT2D eigenvalue weighted by Gasteiger charge is -2.36. The highest BCUT2D eigenvalue weighted by atomic mass is 16.6. The second kappa shape index (κ2) is 13.8. The van der Waals surface area contributed by atoms with Crippen LogP contribution in [0.3, 0.4) is 0 Å². The molecule has 4 aromatic carbocycles. The van der Waals surface area contributed by atoms with Gasteiger partial charge in [-0.1, -0.05) is 109 Å². The van der Waals surface area contributed by atoms with E-state index in [1.165, 1.54) is 14.2 Å². The second-order valence-electron chi connectivity index (χ2n) is 11.3. The Hall–Kier alpha value is -5.24. The summed E-state index contributed by atoms with van der Waals surface area (Å²) in [6, 6.07) is 35.3. The van der Waals surface area contributed by atoms with Gasteiger partial charge in [0, 0.05) is 5.92 Å². The minimum atomic E-state index is -2.04. The van der Waals surface area contributed by atoms with Gasteiger partial charge in [-0.25, -0.2) is 0 Å². The molecule has 0 unspecified atom stereocenters.